The molecule has 0 bridgehead atoms. The molecule has 1 aliphatic heterocycles. The van der Waals surface area contributed by atoms with Gasteiger partial charge in [0, 0.05) is 24.8 Å². The standard InChI is InChI=1S/C16H18N4O2/c1-2-19-9-8-14-12(11-19)4-3-5-15(14)18-16-7-6-13(10-17-16)20(21)22/h3-7,10H,2,8-9,11H2,1H3,(H,17,18). The predicted octanol–water partition coefficient (Wildman–Crippen LogP) is 3.11. The number of anilines is 2. The van der Waals surface area contributed by atoms with E-state index in [4.69, 9.17) is 0 Å². The Morgan fingerprint density at radius 2 is 2.23 bits per heavy atom. The third kappa shape index (κ3) is 2.92. The van der Waals surface area contributed by atoms with Crippen molar-refractivity contribution < 1.29 is 4.92 Å². The number of benzene rings is 1. The number of hydrogen-bond acceptors (Lipinski definition) is 5. The van der Waals surface area contributed by atoms with Crippen molar-refractivity contribution in [3.8, 4) is 0 Å². The van der Waals surface area contributed by atoms with Crippen LogP contribution in [0.2, 0.25) is 0 Å². The van der Waals surface area contributed by atoms with Gasteiger partial charge in [-0.15, -0.1) is 0 Å². The lowest BCUT2D eigenvalue weighted by Gasteiger charge is -2.29. The first-order valence-electron chi connectivity index (χ1n) is 7.38. The number of nitrogens with zero attached hydrogens (tertiary/aromatic N) is 3. The molecule has 0 atom stereocenters. The Morgan fingerprint density at radius 1 is 1.36 bits per heavy atom. The van der Waals surface area contributed by atoms with Crippen LogP contribution >= 0.6 is 0 Å². The zero-order valence-corrected chi connectivity index (χ0v) is 12.5. The summed E-state index contributed by atoms with van der Waals surface area (Å²) in [4.78, 5) is 16.7. The lowest BCUT2D eigenvalue weighted by Crippen LogP contribution is -2.30. The Bertz CT molecular complexity index is 685. The van der Waals surface area contributed by atoms with Crippen LogP contribution in [0.1, 0.15) is 18.1 Å². The topological polar surface area (TPSA) is 71.3 Å². The fraction of sp³-hybridized carbons (Fsp3) is 0.312. The second-order valence-electron chi connectivity index (χ2n) is 5.35. The van der Waals surface area contributed by atoms with E-state index in [2.05, 4.69) is 28.2 Å². The van der Waals surface area contributed by atoms with E-state index < -0.39 is 4.92 Å². The van der Waals surface area contributed by atoms with Crippen LogP contribution in [0.15, 0.2) is 36.5 Å². The largest absolute Gasteiger partial charge is 0.340 e. The van der Waals surface area contributed by atoms with Gasteiger partial charge in [0.25, 0.3) is 5.69 Å². The third-order valence-electron chi connectivity index (χ3n) is 4.01. The van der Waals surface area contributed by atoms with Crippen molar-refractivity contribution in [2.24, 2.45) is 0 Å². The molecule has 1 aromatic carbocycles. The minimum atomic E-state index is -0.444. The van der Waals surface area contributed by atoms with Crippen LogP contribution in [0.4, 0.5) is 17.2 Å². The minimum Gasteiger partial charge on any atom is -0.340 e. The van der Waals surface area contributed by atoms with Gasteiger partial charge in [-0.3, -0.25) is 15.0 Å². The molecular weight excluding hydrogens is 280 g/mol. The normalized spacial score (nSPS) is 14.4. The van der Waals surface area contributed by atoms with Crippen LogP contribution in [0, 0.1) is 10.1 Å². The summed E-state index contributed by atoms with van der Waals surface area (Å²) < 4.78 is 0. The number of rotatable bonds is 4. The van der Waals surface area contributed by atoms with E-state index in [1.807, 2.05) is 12.1 Å². The van der Waals surface area contributed by atoms with Gasteiger partial charge in [0.05, 0.1) is 4.92 Å². The van der Waals surface area contributed by atoms with E-state index in [0.29, 0.717) is 5.82 Å². The number of aromatic nitrogens is 1. The number of likely N-dealkylation sites (N-methyl/N-ethyl adjacent to an activating group) is 1. The Labute approximate surface area is 128 Å². The first-order valence-corrected chi connectivity index (χ1v) is 7.38. The van der Waals surface area contributed by atoms with Crippen LogP contribution in [0.5, 0.6) is 0 Å². The highest BCUT2D eigenvalue weighted by Crippen LogP contribution is 2.28. The van der Waals surface area contributed by atoms with Crippen LogP contribution in [-0.4, -0.2) is 27.9 Å². The van der Waals surface area contributed by atoms with E-state index in [1.165, 1.54) is 23.4 Å². The highest BCUT2D eigenvalue weighted by molar-refractivity contribution is 5.63. The van der Waals surface area contributed by atoms with Crippen LogP contribution < -0.4 is 5.32 Å². The molecule has 0 spiro atoms. The monoisotopic (exact) mass is 298 g/mol. The second kappa shape index (κ2) is 6.11. The van der Waals surface area contributed by atoms with Crippen LogP contribution in [-0.2, 0) is 13.0 Å². The molecule has 22 heavy (non-hydrogen) atoms. The summed E-state index contributed by atoms with van der Waals surface area (Å²) in [5.74, 6) is 0.622. The SMILES string of the molecule is CCN1CCc2c(cccc2Nc2ccc([N+](=O)[O-])cn2)C1. The van der Waals surface area contributed by atoms with Gasteiger partial charge in [-0.1, -0.05) is 19.1 Å². The van der Waals surface area contributed by atoms with Gasteiger partial charge in [-0.25, -0.2) is 4.98 Å². The van der Waals surface area contributed by atoms with Gasteiger partial charge in [-0.05, 0) is 36.2 Å². The second-order valence-corrected chi connectivity index (χ2v) is 5.35. The molecule has 0 saturated heterocycles. The molecule has 114 valence electrons. The van der Waals surface area contributed by atoms with Crippen LogP contribution in [0.3, 0.4) is 0 Å². The summed E-state index contributed by atoms with van der Waals surface area (Å²) in [7, 11) is 0. The maximum atomic E-state index is 10.7. The van der Waals surface area contributed by atoms with E-state index in [0.717, 1.165) is 31.7 Å². The van der Waals surface area contributed by atoms with E-state index in [-0.39, 0.29) is 5.69 Å². The lowest BCUT2D eigenvalue weighted by atomic mass is 9.98. The zero-order chi connectivity index (χ0) is 15.5. The lowest BCUT2D eigenvalue weighted by molar-refractivity contribution is -0.385. The average Bonchev–Trinajstić information content (AvgIpc) is 2.55. The van der Waals surface area contributed by atoms with Crippen molar-refractivity contribution in [1.82, 2.24) is 9.88 Å². The Kier molecular flexibility index (Phi) is 4.02. The molecule has 2 heterocycles. The maximum Gasteiger partial charge on any atom is 0.287 e. The Balaban J connectivity index is 1.82. The van der Waals surface area contributed by atoms with E-state index >= 15 is 0 Å². The average molecular weight is 298 g/mol. The molecule has 0 saturated carbocycles. The first kappa shape index (κ1) is 14.5. The maximum absolute atomic E-state index is 10.7. The minimum absolute atomic E-state index is 0.000715. The van der Waals surface area contributed by atoms with Crippen molar-refractivity contribution in [2.75, 3.05) is 18.4 Å². The molecule has 0 aliphatic carbocycles. The molecule has 2 aromatic rings. The summed E-state index contributed by atoms with van der Waals surface area (Å²) in [5, 5.41) is 13.9. The highest BCUT2D eigenvalue weighted by atomic mass is 16.6. The smallest absolute Gasteiger partial charge is 0.287 e. The molecule has 1 N–H and O–H groups in total. The van der Waals surface area contributed by atoms with Gasteiger partial charge in [-0.2, -0.15) is 0 Å². The van der Waals surface area contributed by atoms with Gasteiger partial charge in [0.1, 0.15) is 12.0 Å². The van der Waals surface area contributed by atoms with Gasteiger partial charge >= 0.3 is 0 Å². The van der Waals surface area contributed by atoms with E-state index in [1.54, 1.807) is 6.07 Å². The van der Waals surface area contributed by atoms with Gasteiger partial charge in [0.15, 0.2) is 0 Å². The fourth-order valence-electron chi connectivity index (χ4n) is 2.76. The molecule has 3 rings (SSSR count). The number of nitro groups is 1. The summed E-state index contributed by atoms with van der Waals surface area (Å²) >= 11 is 0. The fourth-order valence-corrected chi connectivity index (χ4v) is 2.76. The zero-order valence-electron chi connectivity index (χ0n) is 12.5. The summed E-state index contributed by atoms with van der Waals surface area (Å²) in [6, 6.07) is 9.32. The number of hydrogen-bond donors (Lipinski definition) is 1. The number of pyridine rings is 1. The van der Waals surface area contributed by atoms with Crippen molar-refractivity contribution in [1.29, 1.82) is 0 Å². The van der Waals surface area contributed by atoms with Gasteiger partial charge in [0.2, 0.25) is 0 Å². The van der Waals surface area contributed by atoms with Crippen molar-refractivity contribution in [3.05, 3.63) is 57.8 Å². The van der Waals surface area contributed by atoms with Gasteiger partial charge < -0.3 is 5.32 Å². The molecule has 1 aliphatic rings. The molecule has 6 nitrogen and oxygen atoms in total. The van der Waals surface area contributed by atoms with Crippen molar-refractivity contribution >= 4 is 17.2 Å². The summed E-state index contributed by atoms with van der Waals surface area (Å²) in [5.41, 5.74) is 3.68. The molecule has 6 heteroatoms. The Hall–Kier alpha value is -2.47. The predicted molar refractivity (Wildman–Crippen MR) is 85.3 cm³/mol. The highest BCUT2D eigenvalue weighted by Gasteiger charge is 2.17. The summed E-state index contributed by atoms with van der Waals surface area (Å²) in [6.45, 7) is 5.25. The molecule has 0 fully saturated rings. The first-order chi connectivity index (χ1) is 10.7. The molecule has 0 radical (unpaired) electrons. The van der Waals surface area contributed by atoms with E-state index in [9.17, 15) is 10.1 Å². The number of nitrogens with one attached hydrogen (secondary N) is 1. The Morgan fingerprint density at radius 3 is 2.91 bits per heavy atom. The third-order valence-corrected chi connectivity index (χ3v) is 4.01. The molecule has 1 aromatic heterocycles. The van der Waals surface area contributed by atoms with Crippen molar-refractivity contribution in [3.63, 3.8) is 0 Å². The molecule has 0 unspecified atom stereocenters. The van der Waals surface area contributed by atoms with Crippen LogP contribution in [0.25, 0.3) is 0 Å². The quantitative estimate of drug-likeness (QED) is 0.693. The summed E-state index contributed by atoms with van der Waals surface area (Å²) in [6.07, 6.45) is 2.27. The van der Waals surface area contributed by atoms with Crippen molar-refractivity contribution in [2.45, 2.75) is 19.9 Å². The molecular formula is C16H18N4O2. The number of fused-ring (bicyclic) bond motifs is 1. The molecule has 0 amide bonds.